The number of carbonyl (C=O) groups excluding carboxylic acids is 1. The normalized spacial score (nSPS) is 21.4. The summed E-state index contributed by atoms with van der Waals surface area (Å²) in [5.74, 6) is 0.0135. The summed E-state index contributed by atoms with van der Waals surface area (Å²) in [7, 11) is 0. The van der Waals surface area contributed by atoms with E-state index in [1.54, 1.807) is 11.8 Å². The van der Waals surface area contributed by atoms with Crippen LogP contribution >= 0.6 is 23.4 Å². The van der Waals surface area contributed by atoms with Crippen LogP contribution in [0.15, 0.2) is 29.3 Å². The summed E-state index contributed by atoms with van der Waals surface area (Å²) in [6.07, 6.45) is 4.11. The van der Waals surface area contributed by atoms with Crippen molar-refractivity contribution in [2.75, 3.05) is 5.32 Å². The smallest absolute Gasteiger partial charge is 0.264 e. The van der Waals surface area contributed by atoms with E-state index in [0.29, 0.717) is 10.2 Å². The Bertz CT molecular complexity index is 523. The zero-order valence-corrected chi connectivity index (χ0v) is 11.4. The first-order valence-electron chi connectivity index (χ1n) is 6.03. The van der Waals surface area contributed by atoms with Gasteiger partial charge in [0.05, 0.1) is 10.7 Å². The lowest BCUT2D eigenvalue weighted by atomic mass is 10.1. The van der Waals surface area contributed by atoms with Crippen molar-refractivity contribution in [3.8, 4) is 0 Å². The number of aliphatic imine (C=N–C) groups is 1. The number of thioether (sulfide) groups is 1. The predicted octanol–water partition coefficient (Wildman–Crippen LogP) is 3.69. The van der Waals surface area contributed by atoms with Crippen LogP contribution in [0.3, 0.4) is 0 Å². The number of amidine groups is 1. The second kappa shape index (κ2) is 4.59. The lowest BCUT2D eigenvalue weighted by molar-refractivity contribution is -0.119. The van der Waals surface area contributed by atoms with Crippen LogP contribution in [0.25, 0.3) is 0 Å². The van der Waals surface area contributed by atoms with Crippen LogP contribution in [0.1, 0.15) is 25.7 Å². The highest BCUT2D eigenvalue weighted by Gasteiger charge is 2.47. The Kier molecular flexibility index (Phi) is 3.08. The molecule has 1 spiro atoms. The van der Waals surface area contributed by atoms with E-state index >= 15 is 0 Å². The van der Waals surface area contributed by atoms with Crippen molar-refractivity contribution in [3.63, 3.8) is 0 Å². The monoisotopic (exact) mass is 280 g/mol. The Hall–Kier alpha value is -1.000. The van der Waals surface area contributed by atoms with E-state index in [1.165, 1.54) is 0 Å². The second-order valence-electron chi connectivity index (χ2n) is 4.63. The highest BCUT2D eigenvalue weighted by molar-refractivity contribution is 8.16. The Balaban J connectivity index is 1.78. The van der Waals surface area contributed by atoms with Gasteiger partial charge < -0.3 is 5.32 Å². The molecule has 2 aliphatic rings. The number of nitrogens with one attached hydrogen (secondary N) is 1. The third kappa shape index (κ3) is 2.04. The largest absolute Gasteiger partial charge is 0.333 e. The van der Waals surface area contributed by atoms with Crippen LogP contribution in [0.5, 0.6) is 0 Å². The van der Waals surface area contributed by atoms with Gasteiger partial charge in [0.15, 0.2) is 5.17 Å². The summed E-state index contributed by atoms with van der Waals surface area (Å²) in [6, 6.07) is 7.48. The second-order valence-corrected chi connectivity index (χ2v) is 6.41. The first-order valence-corrected chi connectivity index (χ1v) is 7.23. The molecule has 0 atom stereocenters. The minimum atomic E-state index is -0.288. The van der Waals surface area contributed by atoms with Crippen LogP contribution in [0.4, 0.5) is 5.69 Å². The number of carbonyl (C=O) groups is 1. The zero-order chi connectivity index (χ0) is 12.6. The molecular weight excluding hydrogens is 268 g/mol. The van der Waals surface area contributed by atoms with Crippen molar-refractivity contribution in [2.24, 2.45) is 4.99 Å². The third-order valence-electron chi connectivity index (χ3n) is 3.41. The van der Waals surface area contributed by atoms with Gasteiger partial charge in [-0.25, -0.2) is 0 Å². The molecule has 94 valence electrons. The van der Waals surface area contributed by atoms with Gasteiger partial charge in [-0.05, 0) is 25.0 Å². The molecular formula is C13H13ClN2OS. The first-order chi connectivity index (χ1) is 8.70. The average Bonchev–Trinajstić information content (AvgIpc) is 2.92. The topological polar surface area (TPSA) is 41.5 Å². The molecule has 0 saturated heterocycles. The molecule has 1 heterocycles. The summed E-state index contributed by atoms with van der Waals surface area (Å²) in [4.78, 5) is 16.1. The molecule has 1 fully saturated rings. The highest BCUT2D eigenvalue weighted by atomic mass is 35.5. The van der Waals surface area contributed by atoms with Gasteiger partial charge in [0.25, 0.3) is 5.91 Å². The number of hydrogen-bond acceptors (Lipinski definition) is 3. The predicted molar refractivity (Wildman–Crippen MR) is 76.3 cm³/mol. The summed E-state index contributed by atoms with van der Waals surface area (Å²) in [6.45, 7) is 0. The van der Waals surface area contributed by atoms with Crippen molar-refractivity contribution < 1.29 is 4.79 Å². The average molecular weight is 281 g/mol. The van der Waals surface area contributed by atoms with Crippen molar-refractivity contribution in [2.45, 2.75) is 30.4 Å². The van der Waals surface area contributed by atoms with E-state index in [0.717, 1.165) is 31.4 Å². The zero-order valence-electron chi connectivity index (χ0n) is 9.78. The molecule has 1 aliphatic heterocycles. The van der Waals surface area contributed by atoms with Gasteiger partial charge in [-0.3, -0.25) is 4.79 Å². The summed E-state index contributed by atoms with van der Waals surface area (Å²) < 4.78 is -0.288. The quantitative estimate of drug-likeness (QED) is 0.853. The number of para-hydroxylation sites is 1. The number of nitrogens with zero attached hydrogens (tertiary/aromatic N) is 1. The maximum atomic E-state index is 12.0. The molecule has 1 aliphatic carbocycles. The number of rotatable bonds is 1. The minimum Gasteiger partial charge on any atom is -0.333 e. The Labute approximate surface area is 115 Å². The van der Waals surface area contributed by atoms with Gasteiger partial charge in [0, 0.05) is 0 Å². The van der Waals surface area contributed by atoms with E-state index in [1.807, 2.05) is 24.3 Å². The number of hydrogen-bond donors (Lipinski definition) is 1. The molecule has 0 unspecified atom stereocenters. The molecule has 3 rings (SSSR count). The molecule has 1 saturated carbocycles. The fourth-order valence-electron chi connectivity index (χ4n) is 2.44. The fourth-order valence-corrected chi connectivity index (χ4v) is 3.91. The lowest BCUT2D eigenvalue weighted by Crippen LogP contribution is -2.26. The van der Waals surface area contributed by atoms with Crippen LogP contribution in [0, 0.1) is 0 Å². The molecule has 1 N–H and O–H groups in total. The van der Waals surface area contributed by atoms with E-state index in [-0.39, 0.29) is 10.7 Å². The number of anilines is 1. The molecule has 3 nitrogen and oxygen atoms in total. The Morgan fingerprint density at radius 1 is 1.28 bits per heavy atom. The van der Waals surface area contributed by atoms with Gasteiger partial charge in [-0.1, -0.05) is 48.3 Å². The van der Waals surface area contributed by atoms with E-state index in [9.17, 15) is 4.79 Å². The van der Waals surface area contributed by atoms with Gasteiger partial charge in [-0.2, -0.15) is 4.99 Å². The third-order valence-corrected chi connectivity index (χ3v) is 5.10. The maximum absolute atomic E-state index is 12.0. The molecule has 0 radical (unpaired) electrons. The van der Waals surface area contributed by atoms with Crippen LogP contribution < -0.4 is 5.32 Å². The summed E-state index contributed by atoms with van der Waals surface area (Å²) in [5, 5.41) is 4.47. The maximum Gasteiger partial charge on any atom is 0.264 e. The fraction of sp³-hybridized carbons (Fsp3) is 0.385. The van der Waals surface area contributed by atoms with Crippen LogP contribution in [0.2, 0.25) is 5.02 Å². The van der Waals surface area contributed by atoms with E-state index < -0.39 is 0 Å². The molecule has 1 amide bonds. The molecule has 0 aromatic heterocycles. The van der Waals surface area contributed by atoms with Gasteiger partial charge in [0.2, 0.25) is 0 Å². The van der Waals surface area contributed by atoms with E-state index in [4.69, 9.17) is 11.6 Å². The van der Waals surface area contributed by atoms with Crippen molar-refractivity contribution >= 4 is 40.1 Å². The van der Waals surface area contributed by atoms with Crippen molar-refractivity contribution in [3.05, 3.63) is 29.3 Å². The summed E-state index contributed by atoms with van der Waals surface area (Å²) in [5.41, 5.74) is 0.799. The molecule has 0 bridgehead atoms. The summed E-state index contributed by atoms with van der Waals surface area (Å²) >= 11 is 7.64. The van der Waals surface area contributed by atoms with E-state index in [2.05, 4.69) is 10.3 Å². The number of benzene rings is 1. The number of halogens is 1. The van der Waals surface area contributed by atoms with Crippen LogP contribution in [-0.4, -0.2) is 15.8 Å². The van der Waals surface area contributed by atoms with Crippen molar-refractivity contribution in [1.82, 2.24) is 0 Å². The first kappa shape index (κ1) is 12.1. The van der Waals surface area contributed by atoms with Gasteiger partial charge in [0.1, 0.15) is 4.75 Å². The molecule has 5 heteroatoms. The van der Waals surface area contributed by atoms with Crippen LogP contribution in [-0.2, 0) is 4.79 Å². The Morgan fingerprint density at radius 3 is 2.72 bits per heavy atom. The standard InChI is InChI=1S/C13H13ClN2OS/c14-9-5-1-2-6-10(9)15-12-16-11(17)13(18-12)7-3-4-8-13/h1-2,5-6H,3-4,7-8H2,(H,15,16,17). The number of amides is 1. The molecule has 1 aromatic rings. The molecule has 1 aromatic carbocycles. The molecule has 18 heavy (non-hydrogen) atoms. The lowest BCUT2D eigenvalue weighted by Gasteiger charge is -2.17. The van der Waals surface area contributed by atoms with Gasteiger partial charge >= 0.3 is 0 Å². The SMILES string of the molecule is O=C1N=C(Nc2ccccc2Cl)SC12CCCC2. The Morgan fingerprint density at radius 2 is 2.00 bits per heavy atom. The highest BCUT2D eigenvalue weighted by Crippen LogP contribution is 2.46. The minimum absolute atomic E-state index is 0.0135. The van der Waals surface area contributed by atoms with Gasteiger partial charge in [-0.15, -0.1) is 0 Å². The van der Waals surface area contributed by atoms with Crippen molar-refractivity contribution in [1.29, 1.82) is 0 Å².